The molecule has 4 heteroatoms. The maximum Gasteiger partial charge on any atom is 0.0115 e. The molecule has 2 fully saturated rings. The smallest absolute Gasteiger partial charge is 0.0115 e. The van der Waals surface area contributed by atoms with Gasteiger partial charge in [-0.25, -0.2) is 0 Å². The predicted octanol–water partition coefficient (Wildman–Crippen LogP) is 3.27. The summed E-state index contributed by atoms with van der Waals surface area (Å²) in [4.78, 5) is 9.40. The van der Waals surface area contributed by atoms with Gasteiger partial charge in [-0.2, -0.15) is 0 Å². The normalized spacial score (nSPS) is 26.9. The molecule has 2 heterocycles. The third-order valence-electron chi connectivity index (χ3n) is 5.69. The third-order valence-corrected chi connectivity index (χ3v) is 6.69. The zero-order valence-corrected chi connectivity index (χ0v) is 16.2. The van der Waals surface area contributed by atoms with Crippen LogP contribution in [0.1, 0.15) is 26.7 Å². The highest BCUT2D eigenvalue weighted by molar-refractivity contribution is 7.99. The lowest BCUT2D eigenvalue weighted by Crippen LogP contribution is -2.49. The molecule has 0 N–H and O–H groups in total. The number of likely N-dealkylation sites (tertiary alicyclic amines) is 1. The van der Waals surface area contributed by atoms with Gasteiger partial charge in [0.1, 0.15) is 0 Å². The molecule has 0 bridgehead atoms. The Balaban J connectivity index is 1.30. The van der Waals surface area contributed by atoms with Gasteiger partial charge in [-0.3, -0.25) is 14.7 Å². The van der Waals surface area contributed by atoms with Crippen molar-refractivity contribution in [1.29, 1.82) is 0 Å². The van der Waals surface area contributed by atoms with Gasteiger partial charge in [-0.1, -0.05) is 18.2 Å². The minimum atomic E-state index is 0.788. The monoisotopic (exact) mass is 347 g/mol. The molecule has 2 atom stereocenters. The van der Waals surface area contributed by atoms with Crippen LogP contribution in [-0.2, 0) is 0 Å². The van der Waals surface area contributed by atoms with E-state index in [4.69, 9.17) is 0 Å². The van der Waals surface area contributed by atoms with Crippen molar-refractivity contribution in [2.45, 2.75) is 43.7 Å². The molecule has 0 radical (unpaired) electrons. The van der Waals surface area contributed by atoms with Crippen molar-refractivity contribution in [3.05, 3.63) is 30.3 Å². The number of hydrogen-bond donors (Lipinski definition) is 0. The molecule has 1 aromatic rings. The first-order valence-electron chi connectivity index (χ1n) is 9.60. The van der Waals surface area contributed by atoms with Gasteiger partial charge in [0, 0.05) is 68.5 Å². The number of nitrogens with zero attached hydrogens (tertiary/aromatic N) is 3. The molecule has 3 rings (SSSR count). The second-order valence-electron chi connectivity index (χ2n) is 7.36. The van der Waals surface area contributed by atoms with E-state index in [1.807, 2.05) is 11.8 Å². The van der Waals surface area contributed by atoms with Crippen LogP contribution in [-0.4, -0.2) is 78.3 Å². The van der Waals surface area contributed by atoms with E-state index in [0.29, 0.717) is 0 Å². The Morgan fingerprint density at radius 3 is 2.04 bits per heavy atom. The van der Waals surface area contributed by atoms with Crippen LogP contribution in [0.5, 0.6) is 0 Å². The molecule has 0 spiro atoms. The van der Waals surface area contributed by atoms with Crippen LogP contribution in [0.15, 0.2) is 35.2 Å². The van der Waals surface area contributed by atoms with Gasteiger partial charge in [0.15, 0.2) is 0 Å². The molecule has 0 saturated carbocycles. The topological polar surface area (TPSA) is 9.72 Å². The maximum atomic E-state index is 2.71. The molecule has 24 heavy (non-hydrogen) atoms. The minimum Gasteiger partial charge on any atom is -0.300 e. The van der Waals surface area contributed by atoms with Gasteiger partial charge in [-0.15, -0.1) is 11.8 Å². The second-order valence-corrected chi connectivity index (χ2v) is 8.53. The van der Waals surface area contributed by atoms with E-state index in [9.17, 15) is 0 Å². The van der Waals surface area contributed by atoms with Gasteiger partial charge in [0.05, 0.1) is 0 Å². The first kappa shape index (κ1) is 18.2. The molecule has 2 aliphatic heterocycles. The van der Waals surface area contributed by atoms with Crippen molar-refractivity contribution in [2.75, 3.05) is 51.6 Å². The lowest BCUT2D eigenvalue weighted by Gasteiger charge is -2.36. The minimum absolute atomic E-state index is 0.788. The average molecular weight is 348 g/mol. The molecular formula is C20H33N3S. The Morgan fingerprint density at radius 1 is 0.833 bits per heavy atom. The van der Waals surface area contributed by atoms with Crippen molar-refractivity contribution in [3.8, 4) is 0 Å². The number of thioether (sulfide) groups is 1. The standard InChI is InChI=1S/C20H33N3S/c1-18-8-9-19(2)23(18)15-14-21-10-12-22(13-11-21)16-17-24-20-6-4-3-5-7-20/h3-7,18-19H,8-17H2,1-2H3. The van der Waals surface area contributed by atoms with Crippen LogP contribution < -0.4 is 0 Å². The molecule has 0 aliphatic carbocycles. The molecule has 134 valence electrons. The summed E-state index contributed by atoms with van der Waals surface area (Å²) in [7, 11) is 0. The Kier molecular flexibility index (Phi) is 7.02. The lowest BCUT2D eigenvalue weighted by atomic mass is 10.2. The van der Waals surface area contributed by atoms with Crippen molar-refractivity contribution in [2.24, 2.45) is 0 Å². The summed E-state index contributed by atoms with van der Waals surface area (Å²) in [6.45, 7) is 13.5. The molecule has 3 nitrogen and oxygen atoms in total. The van der Waals surface area contributed by atoms with E-state index in [1.54, 1.807) is 0 Å². The number of rotatable bonds is 7. The van der Waals surface area contributed by atoms with Crippen LogP contribution >= 0.6 is 11.8 Å². The maximum absolute atomic E-state index is 2.71. The van der Waals surface area contributed by atoms with E-state index in [0.717, 1.165) is 12.1 Å². The Labute approximate surface area is 152 Å². The molecule has 2 saturated heterocycles. The zero-order valence-electron chi connectivity index (χ0n) is 15.4. The molecular weight excluding hydrogens is 314 g/mol. The first-order valence-corrected chi connectivity index (χ1v) is 10.6. The molecule has 2 aliphatic rings. The summed E-state index contributed by atoms with van der Waals surface area (Å²) < 4.78 is 0. The molecule has 0 aromatic heterocycles. The number of benzene rings is 1. The first-order chi connectivity index (χ1) is 11.7. The summed E-state index contributed by atoms with van der Waals surface area (Å²) in [5.74, 6) is 1.20. The highest BCUT2D eigenvalue weighted by Crippen LogP contribution is 2.23. The fourth-order valence-electron chi connectivity index (χ4n) is 3.99. The highest BCUT2D eigenvalue weighted by atomic mass is 32.2. The van der Waals surface area contributed by atoms with Crippen LogP contribution in [0.3, 0.4) is 0 Å². The van der Waals surface area contributed by atoms with Crippen molar-refractivity contribution < 1.29 is 0 Å². The summed E-state index contributed by atoms with van der Waals surface area (Å²) >= 11 is 1.98. The van der Waals surface area contributed by atoms with Crippen LogP contribution in [0.4, 0.5) is 0 Å². The van der Waals surface area contributed by atoms with Crippen molar-refractivity contribution in [1.82, 2.24) is 14.7 Å². The van der Waals surface area contributed by atoms with Crippen LogP contribution in [0, 0.1) is 0 Å². The van der Waals surface area contributed by atoms with Gasteiger partial charge in [0.25, 0.3) is 0 Å². The second kappa shape index (κ2) is 9.23. The van der Waals surface area contributed by atoms with E-state index in [-0.39, 0.29) is 0 Å². The van der Waals surface area contributed by atoms with Crippen LogP contribution in [0.2, 0.25) is 0 Å². The van der Waals surface area contributed by atoms with Gasteiger partial charge >= 0.3 is 0 Å². The SMILES string of the molecule is CC1CCC(C)N1CCN1CCN(CCSc2ccccc2)CC1. The summed E-state index contributed by atoms with van der Waals surface area (Å²) in [6, 6.07) is 12.3. The Bertz CT molecular complexity index is 463. The van der Waals surface area contributed by atoms with E-state index in [1.165, 1.54) is 69.3 Å². The molecule has 2 unspecified atom stereocenters. The van der Waals surface area contributed by atoms with E-state index in [2.05, 4.69) is 58.9 Å². The van der Waals surface area contributed by atoms with Crippen molar-refractivity contribution in [3.63, 3.8) is 0 Å². The lowest BCUT2D eigenvalue weighted by molar-refractivity contribution is 0.113. The Morgan fingerprint density at radius 2 is 1.42 bits per heavy atom. The van der Waals surface area contributed by atoms with Crippen molar-refractivity contribution >= 4 is 11.8 Å². The average Bonchev–Trinajstić information content (AvgIpc) is 2.93. The summed E-state index contributed by atoms with van der Waals surface area (Å²) in [5.41, 5.74) is 0. The number of piperazine rings is 1. The van der Waals surface area contributed by atoms with E-state index < -0.39 is 0 Å². The fraction of sp³-hybridized carbons (Fsp3) is 0.700. The Hall–Kier alpha value is -0.550. The zero-order chi connectivity index (χ0) is 16.8. The molecule has 1 aromatic carbocycles. The van der Waals surface area contributed by atoms with Gasteiger partial charge < -0.3 is 0 Å². The third kappa shape index (κ3) is 5.22. The predicted molar refractivity (Wildman–Crippen MR) is 105 cm³/mol. The quantitative estimate of drug-likeness (QED) is 0.700. The van der Waals surface area contributed by atoms with E-state index >= 15 is 0 Å². The summed E-state index contributed by atoms with van der Waals surface area (Å²) in [5, 5.41) is 0. The highest BCUT2D eigenvalue weighted by Gasteiger charge is 2.27. The summed E-state index contributed by atoms with van der Waals surface area (Å²) in [6.07, 6.45) is 2.77. The van der Waals surface area contributed by atoms with Gasteiger partial charge in [0.2, 0.25) is 0 Å². The number of hydrogen-bond acceptors (Lipinski definition) is 4. The fourth-order valence-corrected chi connectivity index (χ4v) is 4.93. The largest absolute Gasteiger partial charge is 0.300 e. The van der Waals surface area contributed by atoms with Gasteiger partial charge in [-0.05, 0) is 38.8 Å². The van der Waals surface area contributed by atoms with Crippen LogP contribution in [0.25, 0.3) is 0 Å². The molecule has 0 amide bonds.